The molecular formula is C12H14F2N2. The van der Waals surface area contributed by atoms with E-state index in [0.717, 1.165) is 10.9 Å². The first-order valence-corrected chi connectivity index (χ1v) is 5.14. The van der Waals surface area contributed by atoms with Crippen LogP contribution in [-0.2, 0) is 13.5 Å². The van der Waals surface area contributed by atoms with E-state index in [2.05, 4.69) is 0 Å². The standard InChI is InChI=1S/C12H14F2N2/c1-16-6-5-10-9(3-2-4-11(10)16)7-12(13,14)8-15/h2-6H,7-8,15H2,1H3. The Kier molecular flexibility index (Phi) is 2.68. The summed E-state index contributed by atoms with van der Waals surface area (Å²) >= 11 is 0. The lowest BCUT2D eigenvalue weighted by molar-refractivity contribution is 0.0118. The molecule has 2 nitrogen and oxygen atoms in total. The van der Waals surface area contributed by atoms with Gasteiger partial charge in [-0.25, -0.2) is 8.78 Å². The number of benzene rings is 1. The summed E-state index contributed by atoms with van der Waals surface area (Å²) in [7, 11) is 1.90. The van der Waals surface area contributed by atoms with E-state index in [1.807, 2.05) is 29.9 Å². The summed E-state index contributed by atoms with van der Waals surface area (Å²) in [6, 6.07) is 7.30. The Labute approximate surface area is 92.7 Å². The summed E-state index contributed by atoms with van der Waals surface area (Å²) in [5.41, 5.74) is 6.66. The SMILES string of the molecule is Cn1ccc2c(CC(F)(F)CN)cccc21. The summed E-state index contributed by atoms with van der Waals surface area (Å²) in [6.07, 6.45) is 1.57. The largest absolute Gasteiger partial charge is 0.351 e. The number of halogens is 2. The Morgan fingerprint density at radius 2 is 2.06 bits per heavy atom. The van der Waals surface area contributed by atoms with Crippen LogP contribution >= 0.6 is 0 Å². The zero-order valence-electron chi connectivity index (χ0n) is 9.08. The van der Waals surface area contributed by atoms with Crippen LogP contribution < -0.4 is 5.73 Å². The molecule has 2 N–H and O–H groups in total. The molecule has 0 unspecified atom stereocenters. The Morgan fingerprint density at radius 3 is 2.75 bits per heavy atom. The number of nitrogens with zero attached hydrogens (tertiary/aromatic N) is 1. The molecule has 0 amide bonds. The van der Waals surface area contributed by atoms with Gasteiger partial charge >= 0.3 is 0 Å². The zero-order chi connectivity index (χ0) is 11.8. The van der Waals surface area contributed by atoms with Crippen LogP contribution in [0.1, 0.15) is 5.56 Å². The third kappa shape index (κ3) is 1.93. The van der Waals surface area contributed by atoms with Crippen molar-refractivity contribution in [1.82, 2.24) is 4.57 Å². The Morgan fingerprint density at radius 1 is 1.31 bits per heavy atom. The van der Waals surface area contributed by atoms with Gasteiger partial charge in [0, 0.05) is 30.6 Å². The van der Waals surface area contributed by atoms with Gasteiger partial charge in [-0.1, -0.05) is 12.1 Å². The highest BCUT2D eigenvalue weighted by atomic mass is 19.3. The first-order chi connectivity index (χ1) is 7.53. The fourth-order valence-corrected chi connectivity index (χ4v) is 1.87. The van der Waals surface area contributed by atoms with Crippen LogP contribution in [0.4, 0.5) is 8.78 Å². The highest BCUT2D eigenvalue weighted by Crippen LogP contribution is 2.25. The van der Waals surface area contributed by atoms with Gasteiger partial charge in [-0.15, -0.1) is 0 Å². The van der Waals surface area contributed by atoms with E-state index in [4.69, 9.17) is 5.73 Å². The van der Waals surface area contributed by atoms with Crippen molar-refractivity contribution in [2.45, 2.75) is 12.3 Å². The van der Waals surface area contributed by atoms with E-state index in [1.54, 1.807) is 12.1 Å². The van der Waals surface area contributed by atoms with Crippen LogP contribution in [0.3, 0.4) is 0 Å². The summed E-state index contributed by atoms with van der Waals surface area (Å²) in [5.74, 6) is -2.83. The number of hydrogen-bond donors (Lipinski definition) is 1. The first kappa shape index (κ1) is 11.1. The lowest BCUT2D eigenvalue weighted by Crippen LogP contribution is -2.30. The minimum absolute atomic E-state index is 0.301. The predicted octanol–water partition coefficient (Wildman–Crippen LogP) is 2.31. The Hall–Kier alpha value is -1.42. The lowest BCUT2D eigenvalue weighted by atomic mass is 10.0. The number of aromatic nitrogens is 1. The summed E-state index contributed by atoms with van der Waals surface area (Å²) < 4.78 is 28.4. The van der Waals surface area contributed by atoms with Gasteiger partial charge in [0.2, 0.25) is 0 Å². The van der Waals surface area contributed by atoms with Crippen molar-refractivity contribution in [2.24, 2.45) is 12.8 Å². The molecule has 4 heteroatoms. The molecule has 1 aromatic carbocycles. The Bertz CT molecular complexity index is 503. The molecule has 0 spiro atoms. The van der Waals surface area contributed by atoms with Crippen molar-refractivity contribution in [2.75, 3.05) is 6.54 Å². The molecule has 0 aliphatic rings. The molecule has 0 atom stereocenters. The molecule has 1 heterocycles. The third-order valence-corrected chi connectivity index (χ3v) is 2.77. The normalized spacial score (nSPS) is 12.2. The number of fused-ring (bicyclic) bond motifs is 1. The van der Waals surface area contributed by atoms with Crippen molar-refractivity contribution >= 4 is 10.9 Å². The van der Waals surface area contributed by atoms with Crippen LogP contribution in [0, 0.1) is 0 Å². The van der Waals surface area contributed by atoms with Gasteiger partial charge in [-0.3, -0.25) is 0 Å². The van der Waals surface area contributed by atoms with Crippen LogP contribution in [0.2, 0.25) is 0 Å². The van der Waals surface area contributed by atoms with E-state index in [1.165, 1.54) is 0 Å². The van der Waals surface area contributed by atoms with Gasteiger partial charge in [0.1, 0.15) is 0 Å². The number of alkyl halides is 2. The molecule has 0 saturated heterocycles. The van der Waals surface area contributed by atoms with Gasteiger partial charge < -0.3 is 10.3 Å². The van der Waals surface area contributed by atoms with E-state index in [-0.39, 0.29) is 6.42 Å². The average Bonchev–Trinajstić information content (AvgIpc) is 2.62. The molecule has 2 rings (SSSR count). The molecule has 0 bridgehead atoms. The molecule has 1 aromatic heterocycles. The van der Waals surface area contributed by atoms with Crippen molar-refractivity contribution in [3.05, 3.63) is 36.0 Å². The fraction of sp³-hybridized carbons (Fsp3) is 0.333. The summed E-state index contributed by atoms with van der Waals surface area (Å²) in [4.78, 5) is 0. The monoisotopic (exact) mass is 224 g/mol. The minimum atomic E-state index is -2.83. The molecule has 0 aliphatic heterocycles. The maximum atomic E-state index is 13.2. The highest BCUT2D eigenvalue weighted by molar-refractivity contribution is 5.83. The first-order valence-electron chi connectivity index (χ1n) is 5.14. The van der Waals surface area contributed by atoms with Crippen molar-refractivity contribution in [1.29, 1.82) is 0 Å². The smallest absolute Gasteiger partial charge is 0.264 e. The maximum absolute atomic E-state index is 13.2. The molecule has 0 fully saturated rings. The van der Waals surface area contributed by atoms with E-state index in [9.17, 15) is 8.78 Å². The number of hydrogen-bond acceptors (Lipinski definition) is 1. The number of nitrogens with two attached hydrogens (primary N) is 1. The molecule has 86 valence electrons. The second-order valence-electron chi connectivity index (χ2n) is 4.01. The quantitative estimate of drug-likeness (QED) is 0.852. The van der Waals surface area contributed by atoms with E-state index in [0.29, 0.717) is 5.56 Å². The molecule has 0 saturated carbocycles. The molecular weight excluding hydrogens is 210 g/mol. The van der Waals surface area contributed by atoms with Crippen molar-refractivity contribution < 1.29 is 8.78 Å². The van der Waals surface area contributed by atoms with Gasteiger partial charge in [0.25, 0.3) is 5.92 Å². The van der Waals surface area contributed by atoms with Crippen LogP contribution in [0.15, 0.2) is 30.5 Å². The average molecular weight is 224 g/mol. The van der Waals surface area contributed by atoms with E-state index >= 15 is 0 Å². The highest BCUT2D eigenvalue weighted by Gasteiger charge is 2.27. The second kappa shape index (κ2) is 3.87. The van der Waals surface area contributed by atoms with Gasteiger partial charge in [0.15, 0.2) is 0 Å². The maximum Gasteiger partial charge on any atom is 0.264 e. The molecule has 0 aliphatic carbocycles. The van der Waals surface area contributed by atoms with Crippen molar-refractivity contribution in [3.63, 3.8) is 0 Å². The lowest BCUT2D eigenvalue weighted by Gasteiger charge is -2.14. The summed E-state index contributed by atoms with van der Waals surface area (Å²) in [6.45, 7) is -0.615. The molecule has 16 heavy (non-hydrogen) atoms. The fourth-order valence-electron chi connectivity index (χ4n) is 1.87. The minimum Gasteiger partial charge on any atom is -0.351 e. The Balaban J connectivity index is 2.45. The topological polar surface area (TPSA) is 30.9 Å². The molecule has 2 aromatic rings. The third-order valence-electron chi connectivity index (χ3n) is 2.77. The molecule has 0 radical (unpaired) electrons. The van der Waals surface area contributed by atoms with Crippen molar-refractivity contribution in [3.8, 4) is 0 Å². The second-order valence-corrected chi connectivity index (χ2v) is 4.01. The van der Waals surface area contributed by atoms with E-state index < -0.39 is 12.5 Å². The van der Waals surface area contributed by atoms with Crippen LogP contribution in [0.25, 0.3) is 10.9 Å². The van der Waals surface area contributed by atoms with Gasteiger partial charge in [0.05, 0.1) is 6.54 Å². The van der Waals surface area contributed by atoms with Crippen LogP contribution in [-0.4, -0.2) is 17.0 Å². The predicted molar refractivity (Wildman–Crippen MR) is 60.6 cm³/mol. The van der Waals surface area contributed by atoms with Gasteiger partial charge in [-0.2, -0.15) is 0 Å². The van der Waals surface area contributed by atoms with Crippen LogP contribution in [0.5, 0.6) is 0 Å². The number of rotatable bonds is 3. The van der Waals surface area contributed by atoms with Gasteiger partial charge in [-0.05, 0) is 17.7 Å². The summed E-state index contributed by atoms with van der Waals surface area (Å²) in [5, 5.41) is 0.873. The zero-order valence-corrected chi connectivity index (χ0v) is 9.08. The number of aryl methyl sites for hydroxylation is 1.